The number of rotatable bonds is 6. The summed E-state index contributed by atoms with van der Waals surface area (Å²) in [5.74, 6) is 0.680. The second kappa shape index (κ2) is 8.07. The number of nitrogens with one attached hydrogen (secondary N) is 1. The van der Waals surface area contributed by atoms with Crippen molar-refractivity contribution in [2.24, 2.45) is 0 Å². The van der Waals surface area contributed by atoms with Crippen LogP contribution in [0, 0.1) is 6.92 Å². The molecule has 2 rings (SSSR count). The number of hydrogen-bond acceptors (Lipinski definition) is 4. The fraction of sp³-hybridized carbons (Fsp3) is 0.333. The average molecular weight is 368 g/mol. The standard InChI is InChI=1S/C18H19F3N2O3/c1-4-22-17(24)12(3)25-13-5-7-14(8-6-13)26-16-10-9-15(11(2)23-16)18(19,20)21/h5-10,12H,4H2,1-3H3,(H,22,24). The summed E-state index contributed by atoms with van der Waals surface area (Å²) in [5.41, 5.74) is -0.960. The number of nitrogens with zero attached hydrogens (tertiary/aromatic N) is 1. The molecule has 1 amide bonds. The molecule has 0 spiro atoms. The van der Waals surface area contributed by atoms with Crippen LogP contribution in [-0.4, -0.2) is 23.5 Å². The molecule has 5 nitrogen and oxygen atoms in total. The Bertz CT molecular complexity index is 761. The fourth-order valence-electron chi connectivity index (χ4n) is 2.18. The van der Waals surface area contributed by atoms with Gasteiger partial charge in [0, 0.05) is 12.6 Å². The summed E-state index contributed by atoms with van der Waals surface area (Å²) in [7, 11) is 0. The van der Waals surface area contributed by atoms with Gasteiger partial charge in [-0.1, -0.05) is 0 Å². The number of carbonyl (C=O) groups excluding carboxylic acids is 1. The van der Waals surface area contributed by atoms with Crippen molar-refractivity contribution < 1.29 is 27.4 Å². The van der Waals surface area contributed by atoms with Crippen molar-refractivity contribution >= 4 is 5.91 Å². The van der Waals surface area contributed by atoms with Crippen LogP contribution in [-0.2, 0) is 11.0 Å². The second-order valence-corrected chi connectivity index (χ2v) is 5.51. The highest BCUT2D eigenvalue weighted by Gasteiger charge is 2.33. The number of pyridine rings is 1. The van der Waals surface area contributed by atoms with Crippen LogP contribution in [0.25, 0.3) is 0 Å². The minimum atomic E-state index is -4.45. The van der Waals surface area contributed by atoms with E-state index in [-0.39, 0.29) is 17.5 Å². The number of hydrogen-bond donors (Lipinski definition) is 1. The van der Waals surface area contributed by atoms with Crippen LogP contribution in [0.1, 0.15) is 25.1 Å². The second-order valence-electron chi connectivity index (χ2n) is 5.51. The van der Waals surface area contributed by atoms with E-state index >= 15 is 0 Å². The Kier molecular flexibility index (Phi) is 6.07. The highest BCUT2D eigenvalue weighted by atomic mass is 19.4. The molecule has 0 saturated carbocycles. The van der Waals surface area contributed by atoms with Crippen molar-refractivity contribution in [1.82, 2.24) is 10.3 Å². The van der Waals surface area contributed by atoms with Gasteiger partial charge < -0.3 is 14.8 Å². The van der Waals surface area contributed by atoms with Gasteiger partial charge in [0.15, 0.2) is 6.10 Å². The molecule has 140 valence electrons. The third-order valence-electron chi connectivity index (χ3n) is 3.44. The number of alkyl halides is 3. The van der Waals surface area contributed by atoms with E-state index in [9.17, 15) is 18.0 Å². The lowest BCUT2D eigenvalue weighted by molar-refractivity contribution is -0.138. The first-order chi connectivity index (χ1) is 12.2. The third kappa shape index (κ3) is 5.11. The number of aromatic nitrogens is 1. The van der Waals surface area contributed by atoms with Crippen LogP contribution < -0.4 is 14.8 Å². The predicted octanol–water partition coefficient (Wildman–Crippen LogP) is 4.10. The summed E-state index contributed by atoms with van der Waals surface area (Å²) < 4.78 is 49.2. The molecule has 1 N–H and O–H groups in total. The molecule has 1 heterocycles. The van der Waals surface area contributed by atoms with Crippen LogP contribution in [0.5, 0.6) is 17.4 Å². The maximum atomic E-state index is 12.7. The molecule has 1 aromatic carbocycles. The number of ether oxygens (including phenoxy) is 2. The van der Waals surface area contributed by atoms with Crippen molar-refractivity contribution in [1.29, 1.82) is 0 Å². The molecule has 0 radical (unpaired) electrons. The van der Waals surface area contributed by atoms with Crippen molar-refractivity contribution in [2.45, 2.75) is 33.1 Å². The SMILES string of the molecule is CCNC(=O)C(C)Oc1ccc(Oc2ccc(C(F)(F)F)c(C)n2)cc1. The van der Waals surface area contributed by atoms with Crippen LogP contribution in [0.3, 0.4) is 0 Å². The monoisotopic (exact) mass is 368 g/mol. The molecule has 1 unspecified atom stereocenters. The summed E-state index contributed by atoms with van der Waals surface area (Å²) >= 11 is 0. The number of halogens is 3. The Balaban J connectivity index is 2.03. The Morgan fingerprint density at radius 2 is 1.77 bits per heavy atom. The van der Waals surface area contributed by atoms with Gasteiger partial charge in [0.05, 0.1) is 11.3 Å². The van der Waals surface area contributed by atoms with Gasteiger partial charge in [-0.15, -0.1) is 0 Å². The van der Waals surface area contributed by atoms with Gasteiger partial charge in [0.2, 0.25) is 5.88 Å². The van der Waals surface area contributed by atoms with Crippen molar-refractivity contribution in [3.63, 3.8) is 0 Å². The van der Waals surface area contributed by atoms with Gasteiger partial charge in [0.1, 0.15) is 11.5 Å². The van der Waals surface area contributed by atoms with E-state index < -0.39 is 17.8 Å². The van der Waals surface area contributed by atoms with E-state index in [4.69, 9.17) is 9.47 Å². The van der Waals surface area contributed by atoms with E-state index in [1.165, 1.54) is 6.92 Å². The molecular weight excluding hydrogens is 349 g/mol. The average Bonchev–Trinajstić information content (AvgIpc) is 2.55. The van der Waals surface area contributed by atoms with Crippen LogP contribution in [0.4, 0.5) is 13.2 Å². The molecule has 0 aliphatic rings. The van der Waals surface area contributed by atoms with E-state index in [2.05, 4.69) is 10.3 Å². The maximum Gasteiger partial charge on any atom is 0.418 e. The molecule has 8 heteroatoms. The van der Waals surface area contributed by atoms with E-state index in [0.717, 1.165) is 12.1 Å². The Morgan fingerprint density at radius 3 is 2.31 bits per heavy atom. The van der Waals surface area contributed by atoms with Gasteiger partial charge in [-0.3, -0.25) is 4.79 Å². The summed E-state index contributed by atoms with van der Waals surface area (Å²) in [5, 5.41) is 2.65. The molecule has 0 bridgehead atoms. The number of benzene rings is 1. The van der Waals surface area contributed by atoms with Gasteiger partial charge in [-0.05, 0) is 51.1 Å². The zero-order chi connectivity index (χ0) is 19.3. The number of aryl methyl sites for hydroxylation is 1. The summed E-state index contributed by atoms with van der Waals surface area (Å²) in [6.07, 6.45) is -5.10. The topological polar surface area (TPSA) is 60.5 Å². The van der Waals surface area contributed by atoms with E-state index in [0.29, 0.717) is 18.0 Å². The molecule has 1 aromatic heterocycles. The van der Waals surface area contributed by atoms with Crippen LogP contribution in [0.15, 0.2) is 36.4 Å². The lowest BCUT2D eigenvalue weighted by atomic mass is 10.2. The molecular formula is C18H19F3N2O3. The number of amides is 1. The summed E-state index contributed by atoms with van der Waals surface area (Å²) in [4.78, 5) is 15.5. The lowest BCUT2D eigenvalue weighted by Crippen LogP contribution is -2.36. The highest BCUT2D eigenvalue weighted by molar-refractivity contribution is 5.80. The zero-order valence-electron chi connectivity index (χ0n) is 14.6. The first-order valence-corrected chi connectivity index (χ1v) is 7.98. The number of likely N-dealkylation sites (N-methyl/N-ethyl adjacent to an activating group) is 1. The van der Waals surface area contributed by atoms with E-state index in [1.54, 1.807) is 31.2 Å². The zero-order valence-corrected chi connectivity index (χ0v) is 14.6. The van der Waals surface area contributed by atoms with Crippen LogP contribution >= 0.6 is 0 Å². The largest absolute Gasteiger partial charge is 0.481 e. The van der Waals surface area contributed by atoms with Gasteiger partial charge in [0.25, 0.3) is 5.91 Å². The van der Waals surface area contributed by atoms with Crippen molar-refractivity contribution in [3.8, 4) is 17.4 Å². The molecule has 0 aliphatic heterocycles. The van der Waals surface area contributed by atoms with Crippen molar-refractivity contribution in [3.05, 3.63) is 47.7 Å². The Morgan fingerprint density at radius 1 is 1.15 bits per heavy atom. The quantitative estimate of drug-likeness (QED) is 0.834. The lowest BCUT2D eigenvalue weighted by Gasteiger charge is -2.14. The molecule has 0 fully saturated rings. The third-order valence-corrected chi connectivity index (χ3v) is 3.44. The Labute approximate surface area is 149 Å². The summed E-state index contributed by atoms with van der Waals surface area (Å²) in [6.45, 7) is 5.23. The first kappa shape index (κ1) is 19.6. The van der Waals surface area contributed by atoms with Crippen molar-refractivity contribution in [2.75, 3.05) is 6.54 Å². The molecule has 26 heavy (non-hydrogen) atoms. The fourth-order valence-corrected chi connectivity index (χ4v) is 2.18. The number of carbonyl (C=O) groups is 1. The van der Waals surface area contributed by atoms with Crippen LogP contribution in [0.2, 0.25) is 0 Å². The highest BCUT2D eigenvalue weighted by Crippen LogP contribution is 2.32. The van der Waals surface area contributed by atoms with Gasteiger partial charge in [-0.25, -0.2) is 4.98 Å². The van der Waals surface area contributed by atoms with E-state index in [1.807, 2.05) is 6.92 Å². The smallest absolute Gasteiger partial charge is 0.418 e. The normalized spacial score (nSPS) is 12.4. The summed E-state index contributed by atoms with van der Waals surface area (Å²) in [6, 6.07) is 8.45. The maximum absolute atomic E-state index is 12.7. The Hall–Kier alpha value is -2.77. The predicted molar refractivity (Wildman–Crippen MR) is 89.3 cm³/mol. The van der Waals surface area contributed by atoms with Gasteiger partial charge >= 0.3 is 6.18 Å². The molecule has 1 atom stereocenters. The first-order valence-electron chi connectivity index (χ1n) is 7.98. The minimum absolute atomic E-state index is 0.0554. The molecule has 0 saturated heterocycles. The van der Waals surface area contributed by atoms with Gasteiger partial charge in [-0.2, -0.15) is 13.2 Å². The minimum Gasteiger partial charge on any atom is -0.481 e. The molecule has 0 aliphatic carbocycles. The molecule has 2 aromatic rings.